The Bertz CT molecular complexity index is 332. The quantitative estimate of drug-likeness (QED) is 0.608. The molecule has 2 atom stereocenters. The fourth-order valence-electron chi connectivity index (χ4n) is 1.68. The molecule has 0 aromatic heterocycles. The van der Waals surface area contributed by atoms with Crippen molar-refractivity contribution < 1.29 is 16.8 Å². The van der Waals surface area contributed by atoms with Crippen LogP contribution >= 0.6 is 0 Å². The summed E-state index contributed by atoms with van der Waals surface area (Å²) in [4.78, 5) is 0. The van der Waals surface area contributed by atoms with Gasteiger partial charge in [0.1, 0.15) is 9.84 Å². The van der Waals surface area contributed by atoms with Crippen molar-refractivity contribution in [2.24, 2.45) is 0 Å². The zero-order valence-corrected chi connectivity index (χ0v) is 12.7. The number of rotatable bonds is 5. The summed E-state index contributed by atoms with van der Waals surface area (Å²) in [5.74, 6) is 0. The molecule has 0 amide bonds. The molecular weight excluding hydrogens is 239 g/mol. The summed E-state index contributed by atoms with van der Waals surface area (Å²) in [5.41, 5.74) is 0. The van der Waals surface area contributed by atoms with Gasteiger partial charge in [0.15, 0.2) is 9.84 Å². The second-order valence-electron chi connectivity index (χ2n) is 3.55. The van der Waals surface area contributed by atoms with Crippen LogP contribution in [0.5, 0.6) is 0 Å². The van der Waals surface area contributed by atoms with Crippen LogP contribution in [0.4, 0.5) is 0 Å². The van der Waals surface area contributed by atoms with Gasteiger partial charge in [0, 0.05) is 12.5 Å². The van der Waals surface area contributed by atoms with Crippen molar-refractivity contribution >= 4 is 36.0 Å². The lowest BCUT2D eigenvalue weighted by Crippen LogP contribution is -2.38. The topological polar surface area (TPSA) is 68.3 Å². The summed E-state index contributed by atoms with van der Waals surface area (Å²) < 4.78 is 45.5. The Balaban J connectivity index is 5.22. The minimum atomic E-state index is -3.27. The zero-order valence-electron chi connectivity index (χ0n) is 9.02. The van der Waals surface area contributed by atoms with Crippen LogP contribution in [-0.4, -0.2) is 56.1 Å². The fourth-order valence-corrected chi connectivity index (χ4v) is 8.32. The van der Waals surface area contributed by atoms with Crippen molar-refractivity contribution in [3.05, 3.63) is 0 Å². The molecule has 0 saturated carbocycles. The third kappa shape index (κ3) is 3.89. The van der Waals surface area contributed by atoms with Gasteiger partial charge in [-0.2, -0.15) is 0 Å². The Kier molecular flexibility index (Phi) is 5.13. The predicted octanol–water partition coefficient (Wildman–Crippen LogP) is -0.726. The van der Waals surface area contributed by atoms with Crippen LogP contribution in [0.1, 0.15) is 13.3 Å². The van der Waals surface area contributed by atoms with E-state index in [9.17, 15) is 16.8 Å². The Morgan fingerprint density at radius 2 is 1.36 bits per heavy atom. The Hall–Kier alpha value is 0.432. The highest BCUT2D eigenvalue weighted by molar-refractivity contribution is 7.95. The van der Waals surface area contributed by atoms with Crippen molar-refractivity contribution in [3.63, 3.8) is 0 Å². The van der Waals surface area contributed by atoms with Crippen LogP contribution in [0.15, 0.2) is 0 Å². The zero-order chi connectivity index (χ0) is 11.6. The van der Waals surface area contributed by atoms with Crippen molar-refractivity contribution in [1.82, 2.24) is 0 Å². The van der Waals surface area contributed by atoms with Crippen molar-refractivity contribution in [2.75, 3.05) is 12.5 Å². The fraction of sp³-hybridized carbons (Fsp3) is 1.00. The molecule has 0 N–H and O–H groups in total. The van der Waals surface area contributed by atoms with E-state index in [4.69, 9.17) is 0 Å². The molecule has 0 bridgehead atoms. The molecule has 0 fully saturated rings. The van der Waals surface area contributed by atoms with E-state index in [-0.39, 0.29) is 0 Å². The smallest absolute Gasteiger partial charge is 0.213 e. The summed E-state index contributed by atoms with van der Waals surface area (Å²) in [6.07, 6.45) is 2.58. The predicted molar refractivity (Wildman–Crippen MR) is 60.9 cm³/mol. The molecule has 0 aromatic carbocycles. The summed E-state index contributed by atoms with van der Waals surface area (Å²) in [6, 6.07) is 0. The van der Waals surface area contributed by atoms with E-state index in [0.29, 0.717) is 28.0 Å². The van der Waals surface area contributed by atoms with Crippen LogP contribution in [0.2, 0.25) is 5.28 Å². The van der Waals surface area contributed by atoms with Crippen LogP contribution < -0.4 is 0 Å². The average molecular weight is 256 g/mol. The Labute approximate surface area is 94.3 Å². The van der Waals surface area contributed by atoms with Gasteiger partial charge in [0.25, 0.3) is 0 Å². The van der Waals surface area contributed by atoms with Crippen molar-refractivity contribution in [3.8, 4) is 0 Å². The minimum Gasteiger partial charge on any atom is -0.229 e. The van der Waals surface area contributed by atoms with E-state index in [1.165, 1.54) is 0 Å². The maximum atomic E-state index is 11.4. The molecule has 2 unspecified atom stereocenters. The van der Waals surface area contributed by atoms with Gasteiger partial charge < -0.3 is 0 Å². The molecule has 0 aliphatic heterocycles. The second-order valence-corrected chi connectivity index (χ2v) is 8.90. The highest BCUT2D eigenvalue weighted by atomic mass is 32.2. The van der Waals surface area contributed by atoms with Gasteiger partial charge in [-0.1, -0.05) is 12.2 Å². The van der Waals surface area contributed by atoms with Gasteiger partial charge in [-0.25, -0.2) is 16.8 Å². The van der Waals surface area contributed by atoms with Crippen LogP contribution in [0.3, 0.4) is 0 Å². The molecule has 0 spiro atoms. The summed E-state index contributed by atoms with van der Waals surface area (Å²) in [7, 11) is -6.52. The van der Waals surface area contributed by atoms with Gasteiger partial charge in [-0.3, -0.25) is 0 Å². The first-order chi connectivity index (χ1) is 6.14. The molecule has 0 aromatic rings. The van der Waals surface area contributed by atoms with Gasteiger partial charge in [-0.05, 0) is 6.42 Å². The van der Waals surface area contributed by atoms with Crippen LogP contribution in [-0.2, 0) is 19.7 Å². The Morgan fingerprint density at radius 1 is 1.00 bits per heavy atom. The van der Waals surface area contributed by atoms with Crippen molar-refractivity contribution in [1.29, 1.82) is 0 Å². The van der Waals surface area contributed by atoms with Gasteiger partial charge in [0.2, 0.25) is 16.3 Å². The lowest BCUT2D eigenvalue weighted by atomic mass is 10.2. The molecule has 0 rings (SSSR count). The van der Waals surface area contributed by atoms with E-state index in [1.54, 1.807) is 6.92 Å². The maximum Gasteiger partial charge on any atom is 0.213 e. The summed E-state index contributed by atoms with van der Waals surface area (Å²) in [5, 5.41) is -0.978. The highest BCUT2D eigenvalue weighted by Crippen LogP contribution is 2.18. The van der Waals surface area contributed by atoms with E-state index >= 15 is 0 Å². The van der Waals surface area contributed by atoms with Crippen LogP contribution in [0.25, 0.3) is 0 Å². The van der Waals surface area contributed by atoms with E-state index < -0.39 is 30.2 Å². The molecule has 7 heteroatoms. The minimum absolute atomic E-state index is 0.360. The number of hydrogen-bond donors (Lipinski definition) is 0. The molecule has 0 heterocycles. The van der Waals surface area contributed by atoms with E-state index in [2.05, 4.69) is 0 Å². The largest absolute Gasteiger partial charge is 0.229 e. The molecule has 14 heavy (non-hydrogen) atoms. The normalized spacial score (nSPS) is 17.6. The maximum absolute atomic E-state index is 11.4. The van der Waals surface area contributed by atoms with Crippen molar-refractivity contribution in [2.45, 2.75) is 29.1 Å². The van der Waals surface area contributed by atoms with Gasteiger partial charge in [0.05, 0.1) is 10.5 Å². The van der Waals surface area contributed by atoms with Crippen LogP contribution in [0, 0.1) is 0 Å². The Morgan fingerprint density at radius 3 is 1.43 bits per heavy atom. The second kappa shape index (κ2) is 4.97. The first-order valence-electron chi connectivity index (χ1n) is 4.52. The summed E-state index contributed by atoms with van der Waals surface area (Å²) >= 11 is 0.696. The molecule has 0 aliphatic carbocycles. The molecule has 4 nitrogen and oxygen atoms in total. The van der Waals surface area contributed by atoms with E-state index in [0.717, 1.165) is 12.5 Å². The van der Waals surface area contributed by atoms with Gasteiger partial charge in [-0.15, -0.1) is 0 Å². The number of sulfone groups is 2. The number of hydrogen-bond acceptors (Lipinski definition) is 4. The molecular formula is C7H17AlO4S2. The lowest BCUT2D eigenvalue weighted by molar-refractivity contribution is 0.558. The molecule has 0 saturated heterocycles. The monoisotopic (exact) mass is 256 g/mol. The highest BCUT2D eigenvalue weighted by Gasteiger charge is 2.33. The summed E-state index contributed by atoms with van der Waals surface area (Å²) in [6.45, 7) is 1.71. The SMILES string of the molecule is CCC(C([CH2][AlH2])S(C)(=O)=O)S(C)(=O)=O. The average Bonchev–Trinajstić information content (AvgIpc) is 1.94. The van der Waals surface area contributed by atoms with Gasteiger partial charge >= 0.3 is 0 Å². The standard InChI is InChI=1S/C7H15O4S2.Al.2H/c1-5-7(13(4,10)11)6(2)12(3,8)9;;;/h6-7H,2,5H2,1,3-4H3;;;. The lowest BCUT2D eigenvalue weighted by Gasteiger charge is -2.21. The first kappa shape index (κ1) is 14.4. The third-order valence-electron chi connectivity index (χ3n) is 2.32. The first-order valence-corrected chi connectivity index (χ1v) is 9.84. The van der Waals surface area contributed by atoms with E-state index in [1.807, 2.05) is 0 Å². The third-order valence-corrected chi connectivity index (χ3v) is 7.49. The molecule has 0 radical (unpaired) electrons. The molecule has 84 valence electrons. The molecule has 0 aliphatic rings.